The van der Waals surface area contributed by atoms with Crippen LogP contribution in [0.1, 0.15) is 12.7 Å². The summed E-state index contributed by atoms with van der Waals surface area (Å²) >= 11 is 0. The first-order valence-electron chi connectivity index (χ1n) is 9.73. The Kier molecular flexibility index (Phi) is 4.36. The Balaban J connectivity index is 1.73. The molecule has 0 unspecified atom stereocenters. The van der Waals surface area contributed by atoms with Gasteiger partial charge >= 0.3 is 0 Å². The van der Waals surface area contributed by atoms with E-state index in [0.717, 1.165) is 0 Å². The van der Waals surface area contributed by atoms with Gasteiger partial charge in [0, 0.05) is 24.9 Å². The van der Waals surface area contributed by atoms with Crippen LogP contribution in [0.5, 0.6) is 5.75 Å². The third kappa shape index (κ3) is 3.07. The molecule has 0 spiro atoms. The number of rotatable bonds is 4. The van der Waals surface area contributed by atoms with Crippen LogP contribution in [0.2, 0.25) is 0 Å². The molecule has 9 heteroatoms. The first-order chi connectivity index (χ1) is 15.1. The van der Waals surface area contributed by atoms with Crippen molar-refractivity contribution >= 4 is 21.8 Å². The van der Waals surface area contributed by atoms with Crippen LogP contribution in [-0.2, 0) is 6.42 Å². The molecule has 0 fully saturated rings. The number of ether oxygens (including phenoxy) is 1. The average molecular weight is 414 g/mol. The zero-order valence-electron chi connectivity index (χ0n) is 16.9. The van der Waals surface area contributed by atoms with Gasteiger partial charge in [0.15, 0.2) is 0 Å². The summed E-state index contributed by atoms with van der Waals surface area (Å²) in [6.45, 7) is 1.94. The lowest BCUT2D eigenvalue weighted by Crippen LogP contribution is -2.21. The summed E-state index contributed by atoms with van der Waals surface area (Å²) < 4.78 is 8.10. The summed E-state index contributed by atoms with van der Waals surface area (Å²) in [5.74, 6) is 1.58. The minimum Gasteiger partial charge on any atom is -0.497 e. The van der Waals surface area contributed by atoms with Crippen molar-refractivity contribution in [1.82, 2.24) is 29.3 Å². The monoisotopic (exact) mass is 414 g/mol. The molecule has 0 aliphatic rings. The van der Waals surface area contributed by atoms with Gasteiger partial charge in [-0.25, -0.2) is 9.55 Å². The molecule has 154 valence electrons. The number of pyridine rings is 3. The molecule has 1 aromatic carbocycles. The zero-order valence-corrected chi connectivity index (χ0v) is 16.9. The Labute approximate surface area is 175 Å². The summed E-state index contributed by atoms with van der Waals surface area (Å²) in [4.78, 5) is 35.2. The number of nitrogens with one attached hydrogen (secondary N) is 1. The van der Waals surface area contributed by atoms with Crippen LogP contribution in [0.4, 0.5) is 0 Å². The molecule has 31 heavy (non-hydrogen) atoms. The number of H-pyrrole nitrogens is 1. The highest BCUT2D eigenvalue weighted by Crippen LogP contribution is 2.18. The van der Waals surface area contributed by atoms with Crippen molar-refractivity contribution in [2.45, 2.75) is 13.3 Å². The van der Waals surface area contributed by atoms with Crippen LogP contribution < -0.4 is 15.9 Å². The van der Waals surface area contributed by atoms with Gasteiger partial charge in [-0.3, -0.25) is 19.3 Å². The standard InChI is InChI=1S/C22H18N6O3/c1-3-19-24-22(26-25-19)28-10-8-18-16(21(28)30)12-15-17(23-18)7-9-27(20(15)29)13-5-4-6-14(11-13)31-2/h4-12H,3H2,1-2H3,(H,24,25,26). The van der Waals surface area contributed by atoms with Gasteiger partial charge in [-0.2, -0.15) is 4.98 Å². The van der Waals surface area contributed by atoms with Crippen molar-refractivity contribution < 1.29 is 4.74 Å². The number of aromatic nitrogens is 6. The number of methoxy groups -OCH3 is 1. The number of hydrogen-bond donors (Lipinski definition) is 1. The molecule has 5 aromatic rings. The van der Waals surface area contributed by atoms with E-state index >= 15 is 0 Å². The number of aryl methyl sites for hydroxylation is 1. The van der Waals surface area contributed by atoms with Crippen molar-refractivity contribution in [1.29, 1.82) is 0 Å². The molecule has 5 rings (SSSR count). The van der Waals surface area contributed by atoms with Gasteiger partial charge < -0.3 is 4.74 Å². The molecule has 0 amide bonds. The quantitative estimate of drug-likeness (QED) is 0.453. The van der Waals surface area contributed by atoms with Crippen LogP contribution >= 0.6 is 0 Å². The summed E-state index contributed by atoms with van der Waals surface area (Å²) in [5.41, 5.74) is 1.05. The highest BCUT2D eigenvalue weighted by atomic mass is 16.5. The van der Waals surface area contributed by atoms with Crippen LogP contribution in [0, 0.1) is 0 Å². The maximum absolute atomic E-state index is 13.2. The number of nitrogens with zero attached hydrogens (tertiary/aromatic N) is 5. The molecule has 0 aliphatic heterocycles. The molecule has 1 N–H and O–H groups in total. The lowest BCUT2D eigenvalue weighted by molar-refractivity contribution is 0.414. The molecule has 9 nitrogen and oxygen atoms in total. The second-order valence-electron chi connectivity index (χ2n) is 6.97. The fourth-order valence-corrected chi connectivity index (χ4v) is 3.50. The summed E-state index contributed by atoms with van der Waals surface area (Å²) in [6.07, 6.45) is 3.92. The van der Waals surface area contributed by atoms with E-state index in [2.05, 4.69) is 20.2 Å². The van der Waals surface area contributed by atoms with Crippen LogP contribution in [0.15, 0.2) is 64.4 Å². The molecule has 0 saturated heterocycles. The third-order valence-corrected chi connectivity index (χ3v) is 5.14. The molecule has 0 bridgehead atoms. The molecule has 0 aliphatic carbocycles. The van der Waals surface area contributed by atoms with Crippen molar-refractivity contribution in [3.05, 3.63) is 81.4 Å². The normalized spacial score (nSPS) is 11.3. The third-order valence-electron chi connectivity index (χ3n) is 5.14. The lowest BCUT2D eigenvalue weighted by Gasteiger charge is -2.09. The van der Waals surface area contributed by atoms with Crippen molar-refractivity contribution in [2.24, 2.45) is 0 Å². The second-order valence-corrected chi connectivity index (χ2v) is 6.97. The smallest absolute Gasteiger partial charge is 0.267 e. The average Bonchev–Trinajstić information content (AvgIpc) is 3.28. The Morgan fingerprint density at radius 3 is 2.32 bits per heavy atom. The minimum atomic E-state index is -0.343. The van der Waals surface area contributed by atoms with Crippen LogP contribution in [-0.4, -0.2) is 36.4 Å². The SMILES string of the molecule is CCc1nc(-n2ccc3nc4ccn(-c5cccc(OC)c5)c(=O)c4cc3c2=O)n[nH]1. The fraction of sp³-hybridized carbons (Fsp3) is 0.136. The molecule has 4 aromatic heterocycles. The molecular formula is C22H18N6O3. The Hall–Kier alpha value is -4.27. The topological polar surface area (TPSA) is 108 Å². The first kappa shape index (κ1) is 18.7. The van der Waals surface area contributed by atoms with Crippen molar-refractivity contribution in [2.75, 3.05) is 7.11 Å². The first-order valence-corrected chi connectivity index (χ1v) is 9.73. The van der Waals surface area contributed by atoms with Crippen LogP contribution in [0.25, 0.3) is 33.4 Å². The molecule has 0 saturated carbocycles. The van der Waals surface area contributed by atoms with Gasteiger partial charge in [-0.15, -0.1) is 5.10 Å². The van der Waals surface area contributed by atoms with E-state index in [-0.39, 0.29) is 17.1 Å². The largest absolute Gasteiger partial charge is 0.497 e. The van der Waals surface area contributed by atoms with Gasteiger partial charge in [0.2, 0.25) is 0 Å². The predicted octanol–water partition coefficient (Wildman–Crippen LogP) is 2.38. The van der Waals surface area contributed by atoms with Gasteiger partial charge in [0.25, 0.3) is 17.1 Å². The Morgan fingerprint density at radius 2 is 1.65 bits per heavy atom. The maximum atomic E-state index is 13.2. The number of hydrogen-bond acceptors (Lipinski definition) is 6. The molecular weight excluding hydrogens is 396 g/mol. The van der Waals surface area contributed by atoms with E-state index in [1.165, 1.54) is 9.13 Å². The Morgan fingerprint density at radius 1 is 0.935 bits per heavy atom. The molecule has 0 atom stereocenters. The molecule has 0 radical (unpaired) electrons. The van der Waals surface area contributed by atoms with Crippen molar-refractivity contribution in [3.63, 3.8) is 0 Å². The lowest BCUT2D eigenvalue weighted by atomic mass is 10.2. The van der Waals surface area contributed by atoms with Gasteiger partial charge in [-0.1, -0.05) is 13.0 Å². The highest BCUT2D eigenvalue weighted by molar-refractivity contribution is 5.91. The summed E-state index contributed by atoms with van der Waals surface area (Å²) in [5, 5.41) is 7.57. The van der Waals surface area contributed by atoms with Gasteiger partial charge in [0.05, 0.1) is 34.6 Å². The van der Waals surface area contributed by atoms with E-state index in [4.69, 9.17) is 4.74 Å². The van der Waals surface area contributed by atoms with Gasteiger partial charge in [-0.05, 0) is 30.3 Å². The van der Waals surface area contributed by atoms with E-state index in [1.807, 2.05) is 19.1 Å². The highest BCUT2D eigenvalue weighted by Gasteiger charge is 2.13. The number of benzene rings is 1. The molecule has 4 heterocycles. The van der Waals surface area contributed by atoms with E-state index in [0.29, 0.717) is 45.5 Å². The van der Waals surface area contributed by atoms with Gasteiger partial charge in [0.1, 0.15) is 11.6 Å². The van der Waals surface area contributed by atoms with E-state index < -0.39 is 0 Å². The van der Waals surface area contributed by atoms with E-state index in [9.17, 15) is 9.59 Å². The number of aromatic amines is 1. The zero-order chi connectivity index (χ0) is 21.5. The summed E-state index contributed by atoms with van der Waals surface area (Å²) in [7, 11) is 1.57. The number of fused-ring (bicyclic) bond motifs is 2. The fourth-order valence-electron chi connectivity index (χ4n) is 3.50. The predicted molar refractivity (Wildman–Crippen MR) is 116 cm³/mol. The van der Waals surface area contributed by atoms with Crippen molar-refractivity contribution in [3.8, 4) is 17.4 Å². The van der Waals surface area contributed by atoms with Crippen LogP contribution in [0.3, 0.4) is 0 Å². The maximum Gasteiger partial charge on any atom is 0.267 e. The van der Waals surface area contributed by atoms with E-state index in [1.54, 1.807) is 49.8 Å². The summed E-state index contributed by atoms with van der Waals surface area (Å²) in [6, 6.07) is 12.2. The second kappa shape index (κ2) is 7.21. The Bertz CT molecular complexity index is 1560. The minimum absolute atomic E-state index is 0.255.